The van der Waals surface area contributed by atoms with Crippen molar-refractivity contribution in [3.63, 3.8) is 0 Å². The number of carbonyl (C=O) groups excluding carboxylic acids is 1. The molecule has 0 spiro atoms. The molecule has 0 bridgehead atoms. The van der Waals surface area contributed by atoms with Crippen LogP contribution in [0.5, 0.6) is 11.5 Å². The van der Waals surface area contributed by atoms with Crippen LogP contribution in [0.3, 0.4) is 0 Å². The Labute approximate surface area is 159 Å². The first-order chi connectivity index (χ1) is 13.0. The van der Waals surface area contributed by atoms with Crippen molar-refractivity contribution in [2.45, 2.75) is 51.2 Å². The monoisotopic (exact) mass is 376 g/mol. The predicted octanol–water partition coefficient (Wildman–Crippen LogP) is 3.19. The Bertz CT molecular complexity index is 687. The van der Waals surface area contributed by atoms with Gasteiger partial charge in [0.15, 0.2) is 11.5 Å². The second kappa shape index (κ2) is 8.50. The molecule has 27 heavy (non-hydrogen) atoms. The molecule has 1 aromatic rings. The van der Waals surface area contributed by atoms with Crippen molar-refractivity contribution >= 4 is 12.0 Å². The number of carboxylic acids is 1. The van der Waals surface area contributed by atoms with Gasteiger partial charge in [-0.3, -0.25) is 4.79 Å². The minimum absolute atomic E-state index is 0.226. The number of rotatable bonds is 6. The van der Waals surface area contributed by atoms with Gasteiger partial charge < -0.3 is 24.8 Å². The number of carboxylic acid groups (broad SMARTS) is 1. The van der Waals surface area contributed by atoms with E-state index in [-0.39, 0.29) is 24.7 Å². The fourth-order valence-corrected chi connectivity index (χ4v) is 3.74. The first-order valence-corrected chi connectivity index (χ1v) is 9.60. The molecule has 2 fully saturated rings. The van der Waals surface area contributed by atoms with E-state index in [0.29, 0.717) is 18.7 Å². The molecule has 1 heterocycles. The summed E-state index contributed by atoms with van der Waals surface area (Å²) in [5.41, 5.74) is 0.910. The molecule has 3 rings (SSSR count). The molecule has 0 radical (unpaired) electrons. The van der Waals surface area contributed by atoms with Gasteiger partial charge in [-0.15, -0.1) is 0 Å². The highest BCUT2D eigenvalue weighted by molar-refractivity contribution is 5.77. The summed E-state index contributed by atoms with van der Waals surface area (Å²) in [6.07, 6.45) is 5.30. The molecular formula is C20H28N2O5. The molecule has 2 amide bonds. The number of nitrogens with one attached hydrogen (secondary N) is 1. The van der Waals surface area contributed by atoms with Crippen molar-refractivity contribution < 1.29 is 24.2 Å². The Balaban J connectivity index is 1.61. The number of amides is 2. The maximum atomic E-state index is 12.4. The van der Waals surface area contributed by atoms with Gasteiger partial charge in [0.05, 0.1) is 25.2 Å². The van der Waals surface area contributed by atoms with Crippen LogP contribution < -0.4 is 14.8 Å². The Morgan fingerprint density at radius 2 is 1.96 bits per heavy atom. The number of benzene rings is 1. The average molecular weight is 376 g/mol. The minimum atomic E-state index is -0.846. The number of hydrogen-bond donors (Lipinski definition) is 2. The third-order valence-corrected chi connectivity index (χ3v) is 5.45. The lowest BCUT2D eigenvalue weighted by Gasteiger charge is -2.22. The molecule has 7 heteroatoms. The molecule has 148 valence electrons. The van der Waals surface area contributed by atoms with E-state index in [1.807, 2.05) is 25.1 Å². The standard InChI is InChI=1S/C20H28N2O5/c1-13(21-20(25)22-10-9-15(12-22)19(23)24)14-7-8-17(18(11-14)26-2)27-16-5-3-4-6-16/h7-8,11,13,15-16H,3-6,9-10,12H2,1-2H3,(H,21,25)(H,23,24). The molecule has 2 unspecified atom stereocenters. The predicted molar refractivity (Wildman–Crippen MR) is 100 cm³/mol. The van der Waals surface area contributed by atoms with Gasteiger partial charge >= 0.3 is 12.0 Å². The summed E-state index contributed by atoms with van der Waals surface area (Å²) in [4.78, 5) is 25.0. The number of nitrogens with zero attached hydrogens (tertiary/aromatic N) is 1. The van der Waals surface area contributed by atoms with Crippen LogP contribution in [0.15, 0.2) is 18.2 Å². The molecular weight excluding hydrogens is 348 g/mol. The Morgan fingerprint density at radius 3 is 2.59 bits per heavy atom. The van der Waals surface area contributed by atoms with Crippen LogP contribution in [0.4, 0.5) is 4.79 Å². The number of methoxy groups -OCH3 is 1. The fourth-order valence-electron chi connectivity index (χ4n) is 3.74. The summed E-state index contributed by atoms with van der Waals surface area (Å²) in [5, 5.41) is 12.0. The van der Waals surface area contributed by atoms with Gasteiger partial charge in [-0.25, -0.2) is 4.79 Å². The van der Waals surface area contributed by atoms with E-state index in [1.54, 1.807) is 12.0 Å². The van der Waals surface area contributed by atoms with Crippen molar-refractivity contribution in [3.8, 4) is 11.5 Å². The van der Waals surface area contributed by atoms with Crippen LogP contribution in [0, 0.1) is 5.92 Å². The van der Waals surface area contributed by atoms with Crippen molar-refractivity contribution in [1.29, 1.82) is 0 Å². The lowest BCUT2D eigenvalue weighted by Crippen LogP contribution is -2.40. The zero-order valence-electron chi connectivity index (χ0n) is 15.9. The second-order valence-electron chi connectivity index (χ2n) is 7.38. The molecule has 0 aromatic heterocycles. The quantitative estimate of drug-likeness (QED) is 0.796. The zero-order chi connectivity index (χ0) is 19.4. The largest absolute Gasteiger partial charge is 0.493 e. The van der Waals surface area contributed by atoms with Gasteiger partial charge in [0.1, 0.15) is 0 Å². The Kier molecular flexibility index (Phi) is 6.08. The fraction of sp³-hybridized carbons (Fsp3) is 0.600. The number of likely N-dealkylation sites (tertiary alicyclic amines) is 1. The third kappa shape index (κ3) is 4.64. The van der Waals surface area contributed by atoms with E-state index < -0.39 is 11.9 Å². The van der Waals surface area contributed by atoms with Crippen LogP contribution in [-0.2, 0) is 4.79 Å². The molecule has 1 saturated heterocycles. The van der Waals surface area contributed by atoms with Crippen molar-refractivity contribution in [2.75, 3.05) is 20.2 Å². The molecule has 1 aliphatic carbocycles. The summed E-state index contributed by atoms with van der Waals surface area (Å²) in [7, 11) is 1.61. The zero-order valence-corrected chi connectivity index (χ0v) is 15.9. The lowest BCUT2D eigenvalue weighted by atomic mass is 10.1. The van der Waals surface area contributed by atoms with Gasteiger partial charge in [0, 0.05) is 13.1 Å². The summed E-state index contributed by atoms with van der Waals surface area (Å²) >= 11 is 0. The van der Waals surface area contributed by atoms with Crippen molar-refractivity contribution in [3.05, 3.63) is 23.8 Å². The van der Waals surface area contributed by atoms with Crippen LogP contribution in [0.2, 0.25) is 0 Å². The molecule has 7 nitrogen and oxygen atoms in total. The summed E-state index contributed by atoms with van der Waals surface area (Å²) in [5.74, 6) is 0.0715. The smallest absolute Gasteiger partial charge is 0.317 e. The number of ether oxygens (including phenoxy) is 2. The molecule has 2 atom stereocenters. The van der Waals surface area contributed by atoms with Crippen molar-refractivity contribution in [2.24, 2.45) is 5.92 Å². The summed E-state index contributed by atoms with van der Waals surface area (Å²) in [6, 6.07) is 5.25. The average Bonchev–Trinajstić information content (AvgIpc) is 3.33. The van der Waals surface area contributed by atoms with Gasteiger partial charge in [-0.2, -0.15) is 0 Å². The lowest BCUT2D eigenvalue weighted by molar-refractivity contribution is -0.141. The maximum Gasteiger partial charge on any atom is 0.317 e. The molecule has 1 aliphatic heterocycles. The molecule has 1 saturated carbocycles. The van der Waals surface area contributed by atoms with E-state index in [9.17, 15) is 9.59 Å². The van der Waals surface area contributed by atoms with Crippen LogP contribution in [0.25, 0.3) is 0 Å². The normalized spacial score (nSPS) is 21.1. The van der Waals surface area contributed by atoms with E-state index in [1.165, 1.54) is 12.8 Å². The van der Waals surface area contributed by atoms with Gasteiger partial charge in [0.2, 0.25) is 0 Å². The maximum absolute atomic E-state index is 12.4. The minimum Gasteiger partial charge on any atom is -0.493 e. The number of carbonyl (C=O) groups is 2. The SMILES string of the molecule is COc1cc(C(C)NC(=O)N2CCC(C(=O)O)C2)ccc1OC1CCCC1. The number of urea groups is 1. The second-order valence-corrected chi connectivity index (χ2v) is 7.38. The van der Waals surface area contributed by atoms with Crippen LogP contribution >= 0.6 is 0 Å². The van der Waals surface area contributed by atoms with E-state index in [2.05, 4.69) is 5.32 Å². The van der Waals surface area contributed by atoms with Gasteiger partial charge in [0.25, 0.3) is 0 Å². The van der Waals surface area contributed by atoms with Crippen molar-refractivity contribution in [1.82, 2.24) is 10.2 Å². The van der Waals surface area contributed by atoms with Gasteiger partial charge in [-0.1, -0.05) is 6.07 Å². The van der Waals surface area contributed by atoms with E-state index in [0.717, 1.165) is 24.2 Å². The molecule has 2 N–H and O–H groups in total. The Morgan fingerprint density at radius 1 is 1.22 bits per heavy atom. The van der Waals surface area contributed by atoms with Crippen LogP contribution in [-0.4, -0.2) is 48.3 Å². The highest BCUT2D eigenvalue weighted by Crippen LogP contribution is 2.33. The third-order valence-electron chi connectivity index (χ3n) is 5.45. The highest BCUT2D eigenvalue weighted by Gasteiger charge is 2.31. The highest BCUT2D eigenvalue weighted by atomic mass is 16.5. The van der Waals surface area contributed by atoms with Crippen LogP contribution in [0.1, 0.15) is 50.6 Å². The topological polar surface area (TPSA) is 88.1 Å². The van der Waals surface area contributed by atoms with E-state index >= 15 is 0 Å². The first kappa shape index (κ1) is 19.3. The first-order valence-electron chi connectivity index (χ1n) is 9.60. The molecule has 2 aliphatic rings. The van der Waals surface area contributed by atoms with Gasteiger partial charge in [-0.05, 0) is 56.7 Å². The number of aliphatic carboxylic acids is 1. The van der Waals surface area contributed by atoms with E-state index in [4.69, 9.17) is 14.6 Å². The number of hydrogen-bond acceptors (Lipinski definition) is 4. The summed E-state index contributed by atoms with van der Waals surface area (Å²) < 4.78 is 11.5. The Hall–Kier alpha value is -2.44. The molecule has 1 aromatic carbocycles. The summed E-state index contributed by atoms with van der Waals surface area (Å²) in [6.45, 7) is 2.62.